The number of hydrogen-bond acceptors (Lipinski definition) is 4. The average molecular weight is 349 g/mol. The van der Waals surface area contributed by atoms with Gasteiger partial charge < -0.3 is 10.6 Å². The molecule has 1 aliphatic rings. The molecule has 23 heavy (non-hydrogen) atoms. The zero-order chi connectivity index (χ0) is 17.0. The van der Waals surface area contributed by atoms with E-state index in [0.29, 0.717) is 32.0 Å². The van der Waals surface area contributed by atoms with Crippen molar-refractivity contribution in [3.8, 4) is 0 Å². The topological polar surface area (TPSA) is 52.6 Å². The second-order valence-corrected chi connectivity index (χ2v) is 6.94. The third kappa shape index (κ3) is 5.65. The number of likely N-dealkylation sites (tertiary alicyclic amines) is 1. The Bertz CT molecular complexity index is 555. The molecule has 0 bridgehead atoms. The van der Waals surface area contributed by atoms with Gasteiger partial charge in [0.25, 0.3) is 0 Å². The summed E-state index contributed by atoms with van der Waals surface area (Å²) in [6.45, 7) is 4.50. The first-order chi connectivity index (χ1) is 10.8. The average Bonchev–Trinajstić information content (AvgIpc) is 2.99. The number of alkyl halides is 3. The van der Waals surface area contributed by atoms with Gasteiger partial charge in [-0.1, -0.05) is 0 Å². The van der Waals surface area contributed by atoms with Crippen LogP contribution in [0.25, 0.3) is 0 Å². The Labute approximate surface area is 138 Å². The Kier molecular flexibility index (Phi) is 5.85. The summed E-state index contributed by atoms with van der Waals surface area (Å²) in [6, 6.07) is -0.0205. The van der Waals surface area contributed by atoms with Gasteiger partial charge >= 0.3 is 6.18 Å². The van der Waals surface area contributed by atoms with E-state index in [0.717, 1.165) is 15.6 Å². The number of thiazole rings is 1. The lowest BCUT2D eigenvalue weighted by Crippen LogP contribution is -2.44. The van der Waals surface area contributed by atoms with E-state index < -0.39 is 12.7 Å². The fourth-order valence-electron chi connectivity index (χ4n) is 2.64. The van der Waals surface area contributed by atoms with Gasteiger partial charge in [0.05, 0.1) is 23.8 Å². The predicted octanol–water partition coefficient (Wildman–Crippen LogP) is 2.06. The maximum atomic E-state index is 12.4. The maximum Gasteiger partial charge on any atom is 0.401 e. The van der Waals surface area contributed by atoms with Crippen LogP contribution in [0.5, 0.6) is 0 Å². The molecular weight excluding hydrogens is 327 g/mol. The van der Waals surface area contributed by atoms with Crippen molar-refractivity contribution in [1.82, 2.24) is 20.5 Å². The number of halogens is 3. The second-order valence-electron chi connectivity index (χ2n) is 5.65. The summed E-state index contributed by atoms with van der Waals surface area (Å²) in [5, 5.41) is 7.41. The zero-order valence-electron chi connectivity index (χ0n) is 13.5. The number of aryl methyl sites for hydroxylation is 2. The van der Waals surface area contributed by atoms with Gasteiger partial charge in [0.15, 0.2) is 5.96 Å². The van der Waals surface area contributed by atoms with Crippen LogP contribution in [0.2, 0.25) is 0 Å². The van der Waals surface area contributed by atoms with Crippen LogP contribution in [0.1, 0.15) is 22.0 Å². The minimum atomic E-state index is -4.14. The third-order valence-electron chi connectivity index (χ3n) is 3.66. The fourth-order valence-corrected chi connectivity index (χ4v) is 3.51. The molecule has 0 amide bonds. The molecule has 0 aromatic carbocycles. The molecule has 9 heteroatoms. The van der Waals surface area contributed by atoms with Crippen LogP contribution in [0.3, 0.4) is 0 Å². The molecular formula is C14H22F3N5S. The van der Waals surface area contributed by atoms with Gasteiger partial charge in [-0.3, -0.25) is 9.89 Å². The number of aromatic nitrogens is 1. The van der Waals surface area contributed by atoms with Crippen molar-refractivity contribution in [1.29, 1.82) is 0 Å². The van der Waals surface area contributed by atoms with E-state index in [1.165, 1.54) is 4.90 Å². The van der Waals surface area contributed by atoms with Crippen molar-refractivity contribution in [2.75, 3.05) is 26.7 Å². The molecule has 5 nitrogen and oxygen atoms in total. The normalized spacial score (nSPS) is 20.1. The lowest BCUT2D eigenvalue weighted by atomic mass is 10.3. The number of nitrogens with one attached hydrogen (secondary N) is 2. The second kappa shape index (κ2) is 7.48. The van der Waals surface area contributed by atoms with Gasteiger partial charge in [-0.05, 0) is 20.3 Å². The predicted molar refractivity (Wildman–Crippen MR) is 85.8 cm³/mol. The molecule has 2 heterocycles. The summed E-state index contributed by atoms with van der Waals surface area (Å²) in [6.07, 6.45) is -3.47. The molecule has 1 unspecified atom stereocenters. The molecule has 0 saturated carbocycles. The van der Waals surface area contributed by atoms with Crippen molar-refractivity contribution >= 4 is 17.3 Å². The monoisotopic (exact) mass is 349 g/mol. The lowest BCUT2D eigenvalue weighted by Gasteiger charge is -2.19. The first kappa shape index (κ1) is 18.0. The van der Waals surface area contributed by atoms with E-state index in [4.69, 9.17) is 0 Å². The summed E-state index contributed by atoms with van der Waals surface area (Å²) in [5.41, 5.74) is 0.993. The van der Waals surface area contributed by atoms with Crippen molar-refractivity contribution in [3.05, 3.63) is 15.6 Å². The van der Waals surface area contributed by atoms with Crippen LogP contribution in [0, 0.1) is 13.8 Å². The maximum absolute atomic E-state index is 12.4. The molecule has 0 spiro atoms. The van der Waals surface area contributed by atoms with Crippen LogP contribution in [0.4, 0.5) is 13.2 Å². The summed E-state index contributed by atoms with van der Waals surface area (Å²) >= 11 is 1.63. The van der Waals surface area contributed by atoms with Crippen LogP contribution >= 0.6 is 11.3 Å². The van der Waals surface area contributed by atoms with Gasteiger partial charge in [-0.25, -0.2) is 4.98 Å². The minimum Gasteiger partial charge on any atom is -0.352 e. The Morgan fingerprint density at radius 2 is 2.17 bits per heavy atom. The largest absolute Gasteiger partial charge is 0.401 e. The first-order valence-corrected chi connectivity index (χ1v) is 8.27. The molecule has 1 aliphatic heterocycles. The molecule has 0 radical (unpaired) electrons. The molecule has 2 N–H and O–H groups in total. The molecule has 1 saturated heterocycles. The number of guanidine groups is 1. The summed E-state index contributed by atoms with van der Waals surface area (Å²) in [5.74, 6) is 0.606. The van der Waals surface area contributed by atoms with Crippen LogP contribution in [-0.2, 0) is 6.54 Å². The van der Waals surface area contributed by atoms with Crippen LogP contribution in [-0.4, -0.2) is 54.7 Å². The van der Waals surface area contributed by atoms with E-state index in [9.17, 15) is 13.2 Å². The summed E-state index contributed by atoms with van der Waals surface area (Å²) < 4.78 is 37.2. The Hall–Kier alpha value is -1.35. The number of rotatable bonds is 4. The molecule has 130 valence electrons. The third-order valence-corrected chi connectivity index (χ3v) is 4.73. The van der Waals surface area contributed by atoms with E-state index in [2.05, 4.69) is 20.6 Å². The Morgan fingerprint density at radius 3 is 2.74 bits per heavy atom. The van der Waals surface area contributed by atoms with Gasteiger partial charge in [0.2, 0.25) is 0 Å². The highest BCUT2D eigenvalue weighted by Crippen LogP contribution is 2.20. The molecule has 1 aromatic heterocycles. The van der Waals surface area contributed by atoms with Crippen molar-refractivity contribution in [3.63, 3.8) is 0 Å². The molecule has 1 fully saturated rings. The summed E-state index contributed by atoms with van der Waals surface area (Å²) in [4.78, 5) is 11.1. The Balaban J connectivity index is 1.80. The van der Waals surface area contributed by atoms with Gasteiger partial charge in [-0.2, -0.15) is 13.2 Å². The number of aliphatic imine (C=N–C) groups is 1. The van der Waals surface area contributed by atoms with Crippen molar-refractivity contribution < 1.29 is 13.2 Å². The van der Waals surface area contributed by atoms with Gasteiger partial charge in [0, 0.05) is 31.1 Å². The zero-order valence-corrected chi connectivity index (χ0v) is 14.3. The quantitative estimate of drug-likeness (QED) is 0.645. The molecule has 1 aromatic rings. The fraction of sp³-hybridized carbons (Fsp3) is 0.714. The van der Waals surface area contributed by atoms with E-state index >= 15 is 0 Å². The minimum absolute atomic E-state index is 0.0205. The van der Waals surface area contributed by atoms with E-state index in [1.807, 2.05) is 13.8 Å². The highest BCUT2D eigenvalue weighted by atomic mass is 32.1. The van der Waals surface area contributed by atoms with E-state index in [-0.39, 0.29) is 6.04 Å². The molecule has 2 rings (SSSR count). The summed E-state index contributed by atoms with van der Waals surface area (Å²) in [7, 11) is 1.66. The van der Waals surface area contributed by atoms with Crippen LogP contribution in [0.15, 0.2) is 4.99 Å². The highest BCUT2D eigenvalue weighted by molar-refractivity contribution is 7.11. The van der Waals surface area contributed by atoms with Crippen LogP contribution < -0.4 is 10.6 Å². The Morgan fingerprint density at radius 1 is 1.43 bits per heavy atom. The highest BCUT2D eigenvalue weighted by Gasteiger charge is 2.34. The van der Waals surface area contributed by atoms with Crippen molar-refractivity contribution in [2.24, 2.45) is 4.99 Å². The van der Waals surface area contributed by atoms with Gasteiger partial charge in [-0.15, -0.1) is 11.3 Å². The van der Waals surface area contributed by atoms with E-state index in [1.54, 1.807) is 18.4 Å². The lowest BCUT2D eigenvalue weighted by molar-refractivity contribution is -0.143. The smallest absolute Gasteiger partial charge is 0.352 e. The SMILES string of the molecule is CN=C(NCc1sc(C)nc1C)NC1CCN(CC(F)(F)F)C1. The number of hydrogen-bond donors (Lipinski definition) is 2. The van der Waals surface area contributed by atoms with Gasteiger partial charge in [0.1, 0.15) is 0 Å². The number of nitrogens with zero attached hydrogens (tertiary/aromatic N) is 3. The van der Waals surface area contributed by atoms with Crippen molar-refractivity contribution in [2.45, 2.75) is 39.0 Å². The molecule has 0 aliphatic carbocycles. The molecule has 1 atom stereocenters. The first-order valence-electron chi connectivity index (χ1n) is 7.46. The standard InChI is InChI=1S/C14H22F3N5S/c1-9-12(23-10(2)20-9)6-19-13(18-3)21-11-4-5-22(7-11)8-14(15,16)17/h11H,4-8H2,1-3H3,(H2,18,19,21).